The lowest BCUT2D eigenvalue weighted by Gasteiger charge is -2.13. The van der Waals surface area contributed by atoms with Crippen LogP contribution < -0.4 is 5.73 Å². The van der Waals surface area contributed by atoms with E-state index in [9.17, 15) is 9.59 Å². The molecule has 1 rings (SSSR count). The molecule has 104 valence electrons. The van der Waals surface area contributed by atoms with Crippen molar-refractivity contribution in [2.24, 2.45) is 5.73 Å². The third kappa shape index (κ3) is 5.09. The van der Waals surface area contributed by atoms with Crippen molar-refractivity contribution in [2.75, 3.05) is 0 Å². The summed E-state index contributed by atoms with van der Waals surface area (Å²) in [6, 6.07) is 4.84. The van der Waals surface area contributed by atoms with Crippen molar-refractivity contribution < 1.29 is 19.8 Å². The van der Waals surface area contributed by atoms with Crippen LogP contribution in [0.4, 0.5) is 0 Å². The van der Waals surface area contributed by atoms with Gasteiger partial charge in [-0.2, -0.15) is 0 Å². The first-order valence-electron chi connectivity index (χ1n) is 6.18. The van der Waals surface area contributed by atoms with Crippen LogP contribution in [0.5, 0.6) is 0 Å². The molecule has 0 saturated heterocycles. The van der Waals surface area contributed by atoms with Crippen LogP contribution >= 0.6 is 0 Å². The maximum absolute atomic E-state index is 10.8. The highest BCUT2D eigenvalue weighted by molar-refractivity contribution is 5.73. The van der Waals surface area contributed by atoms with Crippen molar-refractivity contribution >= 4 is 11.9 Å². The van der Waals surface area contributed by atoms with Crippen LogP contribution in [-0.4, -0.2) is 28.2 Å². The quantitative estimate of drug-likeness (QED) is 0.691. The number of aryl methyl sites for hydroxylation is 2. The molecule has 1 aromatic rings. The van der Waals surface area contributed by atoms with Crippen LogP contribution in [0.25, 0.3) is 0 Å². The van der Waals surface area contributed by atoms with Gasteiger partial charge in [0, 0.05) is 6.42 Å². The average molecular weight is 265 g/mol. The lowest BCUT2D eigenvalue weighted by Crippen LogP contribution is -2.32. The Morgan fingerprint density at radius 1 is 1.26 bits per heavy atom. The Labute approximate surface area is 112 Å². The SMILES string of the molecule is Cc1ccc(CCCC(=O)O)c(C[C@H](N)C(=O)O)c1. The van der Waals surface area contributed by atoms with Crippen molar-refractivity contribution in [3.63, 3.8) is 0 Å². The summed E-state index contributed by atoms with van der Waals surface area (Å²) in [5, 5.41) is 17.5. The molecule has 19 heavy (non-hydrogen) atoms. The van der Waals surface area contributed by atoms with Gasteiger partial charge in [0.15, 0.2) is 0 Å². The van der Waals surface area contributed by atoms with Gasteiger partial charge in [0.2, 0.25) is 0 Å². The summed E-state index contributed by atoms with van der Waals surface area (Å²) in [7, 11) is 0. The summed E-state index contributed by atoms with van der Waals surface area (Å²) in [5.41, 5.74) is 8.45. The second-order valence-electron chi connectivity index (χ2n) is 4.67. The molecular formula is C14H19NO4. The third-order valence-electron chi connectivity index (χ3n) is 2.96. The molecule has 1 aromatic carbocycles. The summed E-state index contributed by atoms with van der Waals surface area (Å²) in [5.74, 6) is -1.85. The zero-order valence-corrected chi connectivity index (χ0v) is 10.9. The van der Waals surface area contributed by atoms with Crippen molar-refractivity contribution in [1.29, 1.82) is 0 Å². The van der Waals surface area contributed by atoms with E-state index >= 15 is 0 Å². The van der Waals surface area contributed by atoms with E-state index in [-0.39, 0.29) is 12.8 Å². The lowest BCUT2D eigenvalue weighted by molar-refractivity contribution is -0.138. The highest BCUT2D eigenvalue weighted by atomic mass is 16.4. The zero-order valence-electron chi connectivity index (χ0n) is 10.9. The number of carbonyl (C=O) groups is 2. The highest BCUT2D eigenvalue weighted by Crippen LogP contribution is 2.16. The molecule has 4 N–H and O–H groups in total. The minimum absolute atomic E-state index is 0.109. The Hall–Kier alpha value is -1.88. The van der Waals surface area contributed by atoms with E-state index in [4.69, 9.17) is 15.9 Å². The molecule has 0 saturated carbocycles. The first-order valence-corrected chi connectivity index (χ1v) is 6.18. The molecule has 1 atom stereocenters. The van der Waals surface area contributed by atoms with Gasteiger partial charge in [-0.15, -0.1) is 0 Å². The maximum Gasteiger partial charge on any atom is 0.320 e. The fourth-order valence-corrected chi connectivity index (χ4v) is 1.94. The Balaban J connectivity index is 2.79. The Bertz CT molecular complexity index is 471. The molecule has 5 nitrogen and oxygen atoms in total. The van der Waals surface area contributed by atoms with Crippen molar-refractivity contribution in [1.82, 2.24) is 0 Å². The summed E-state index contributed by atoms with van der Waals surface area (Å²) >= 11 is 0. The van der Waals surface area contributed by atoms with Gasteiger partial charge >= 0.3 is 11.9 Å². The van der Waals surface area contributed by atoms with Crippen LogP contribution in [0.1, 0.15) is 29.5 Å². The molecule has 0 fully saturated rings. The summed E-state index contributed by atoms with van der Waals surface area (Å²) < 4.78 is 0. The van der Waals surface area contributed by atoms with Gasteiger partial charge in [-0.1, -0.05) is 23.8 Å². The van der Waals surface area contributed by atoms with Gasteiger partial charge < -0.3 is 15.9 Å². The number of hydrogen-bond acceptors (Lipinski definition) is 3. The van der Waals surface area contributed by atoms with Gasteiger partial charge in [0.1, 0.15) is 6.04 Å². The Kier molecular flexibility index (Phi) is 5.51. The average Bonchev–Trinajstić information content (AvgIpc) is 2.31. The number of benzene rings is 1. The minimum atomic E-state index is -1.03. The fraction of sp³-hybridized carbons (Fsp3) is 0.429. The van der Waals surface area contributed by atoms with Crippen molar-refractivity contribution in [3.05, 3.63) is 34.9 Å². The molecule has 0 aromatic heterocycles. The molecule has 5 heteroatoms. The van der Waals surface area contributed by atoms with E-state index in [0.717, 1.165) is 16.7 Å². The molecule has 0 radical (unpaired) electrons. The van der Waals surface area contributed by atoms with Gasteiger partial charge in [-0.25, -0.2) is 0 Å². The summed E-state index contributed by atoms with van der Waals surface area (Å²) in [6.07, 6.45) is 1.53. The van der Waals surface area contributed by atoms with Crippen LogP contribution in [0.3, 0.4) is 0 Å². The first kappa shape index (κ1) is 15.2. The molecule has 0 aliphatic carbocycles. The monoisotopic (exact) mass is 265 g/mol. The predicted octanol–water partition coefficient (Wildman–Crippen LogP) is 1.36. The molecule has 0 heterocycles. The largest absolute Gasteiger partial charge is 0.481 e. The fourth-order valence-electron chi connectivity index (χ4n) is 1.94. The second kappa shape index (κ2) is 6.89. The third-order valence-corrected chi connectivity index (χ3v) is 2.96. The molecule has 0 unspecified atom stereocenters. The van der Waals surface area contributed by atoms with Gasteiger partial charge in [-0.05, 0) is 37.3 Å². The van der Waals surface area contributed by atoms with Gasteiger partial charge in [0.05, 0.1) is 0 Å². The highest BCUT2D eigenvalue weighted by Gasteiger charge is 2.14. The lowest BCUT2D eigenvalue weighted by atomic mass is 9.95. The number of carboxylic acid groups (broad SMARTS) is 2. The van der Waals surface area contributed by atoms with E-state index in [2.05, 4.69) is 0 Å². The number of aliphatic carboxylic acids is 2. The van der Waals surface area contributed by atoms with Gasteiger partial charge in [-0.3, -0.25) is 9.59 Å². The van der Waals surface area contributed by atoms with E-state index in [0.29, 0.717) is 12.8 Å². The van der Waals surface area contributed by atoms with E-state index in [1.807, 2.05) is 25.1 Å². The van der Waals surface area contributed by atoms with E-state index in [1.54, 1.807) is 0 Å². The molecular weight excluding hydrogens is 246 g/mol. The first-order chi connectivity index (χ1) is 8.90. The van der Waals surface area contributed by atoms with Crippen LogP contribution in [0.2, 0.25) is 0 Å². The normalized spacial score (nSPS) is 12.1. The van der Waals surface area contributed by atoms with Crippen molar-refractivity contribution in [3.8, 4) is 0 Å². The summed E-state index contributed by atoms with van der Waals surface area (Å²) in [4.78, 5) is 21.3. The molecule has 0 amide bonds. The Morgan fingerprint density at radius 3 is 2.53 bits per heavy atom. The van der Waals surface area contributed by atoms with Gasteiger partial charge in [0.25, 0.3) is 0 Å². The number of nitrogens with two attached hydrogens (primary N) is 1. The Morgan fingerprint density at radius 2 is 1.95 bits per heavy atom. The van der Waals surface area contributed by atoms with E-state index in [1.165, 1.54) is 0 Å². The van der Waals surface area contributed by atoms with Crippen LogP contribution in [0.15, 0.2) is 18.2 Å². The summed E-state index contributed by atoms with van der Waals surface area (Å²) in [6.45, 7) is 1.93. The molecule has 0 bridgehead atoms. The maximum atomic E-state index is 10.8. The second-order valence-corrected chi connectivity index (χ2v) is 4.67. The smallest absolute Gasteiger partial charge is 0.320 e. The van der Waals surface area contributed by atoms with Crippen molar-refractivity contribution in [2.45, 2.75) is 38.6 Å². The molecule has 0 aliphatic rings. The van der Waals surface area contributed by atoms with Crippen LogP contribution in [-0.2, 0) is 22.4 Å². The number of hydrogen-bond donors (Lipinski definition) is 3. The molecule has 0 aliphatic heterocycles. The number of rotatable bonds is 7. The topological polar surface area (TPSA) is 101 Å². The number of carboxylic acids is 2. The van der Waals surface area contributed by atoms with E-state index < -0.39 is 18.0 Å². The van der Waals surface area contributed by atoms with Crippen LogP contribution in [0, 0.1) is 6.92 Å². The minimum Gasteiger partial charge on any atom is -0.481 e. The molecule has 0 spiro atoms. The predicted molar refractivity (Wildman–Crippen MR) is 71.1 cm³/mol. The zero-order chi connectivity index (χ0) is 14.4. The standard InChI is InChI=1S/C14H19NO4/c1-9-5-6-10(3-2-4-13(16)17)11(7-9)8-12(15)14(18)19/h5-7,12H,2-4,8,15H2,1H3,(H,16,17)(H,18,19)/t12-/m0/s1.